The standard InChI is InChI=1S/C24H25N3O4/c1-17-9-10-18(2)21(11-17)16-31-24-22(27(28)29)12-20(13-23(24)30-3)15-26-25-14-19-7-5-4-6-8-19/h4-13,15,25H,14,16H2,1-3H3. The van der Waals surface area contributed by atoms with Gasteiger partial charge in [-0.2, -0.15) is 5.10 Å². The average Bonchev–Trinajstić information content (AvgIpc) is 2.77. The number of ether oxygens (including phenoxy) is 2. The van der Waals surface area contributed by atoms with Crippen LogP contribution in [0, 0.1) is 24.0 Å². The lowest BCUT2D eigenvalue weighted by Crippen LogP contribution is -2.06. The summed E-state index contributed by atoms with van der Waals surface area (Å²) in [6, 6.07) is 18.9. The maximum absolute atomic E-state index is 11.7. The molecule has 0 heterocycles. The number of nitro groups is 1. The summed E-state index contributed by atoms with van der Waals surface area (Å²) < 4.78 is 11.2. The molecule has 0 aromatic heterocycles. The van der Waals surface area contributed by atoms with E-state index in [2.05, 4.69) is 10.5 Å². The van der Waals surface area contributed by atoms with E-state index >= 15 is 0 Å². The second-order valence-electron chi connectivity index (χ2n) is 7.13. The van der Waals surface area contributed by atoms with Gasteiger partial charge < -0.3 is 14.9 Å². The zero-order valence-electron chi connectivity index (χ0n) is 17.8. The molecule has 3 aromatic carbocycles. The first-order chi connectivity index (χ1) is 15.0. The first kappa shape index (κ1) is 21.8. The van der Waals surface area contributed by atoms with E-state index in [1.54, 1.807) is 6.07 Å². The molecule has 0 unspecified atom stereocenters. The van der Waals surface area contributed by atoms with E-state index in [-0.39, 0.29) is 23.8 Å². The minimum absolute atomic E-state index is 0.0998. The molecule has 0 atom stereocenters. The summed E-state index contributed by atoms with van der Waals surface area (Å²) in [4.78, 5) is 11.2. The van der Waals surface area contributed by atoms with Crippen molar-refractivity contribution in [3.63, 3.8) is 0 Å². The van der Waals surface area contributed by atoms with Gasteiger partial charge in [0.05, 0.1) is 24.8 Å². The number of nitrogens with one attached hydrogen (secondary N) is 1. The van der Waals surface area contributed by atoms with Gasteiger partial charge in [0.15, 0.2) is 5.75 Å². The Labute approximate surface area is 181 Å². The molecule has 7 heteroatoms. The summed E-state index contributed by atoms with van der Waals surface area (Å²) in [6.07, 6.45) is 1.52. The van der Waals surface area contributed by atoms with Crippen LogP contribution in [0.2, 0.25) is 0 Å². The summed E-state index contributed by atoms with van der Waals surface area (Å²) in [5.41, 5.74) is 7.50. The summed E-state index contributed by atoms with van der Waals surface area (Å²) in [5.74, 6) is 0.381. The molecular weight excluding hydrogens is 394 g/mol. The van der Waals surface area contributed by atoms with Crippen LogP contribution in [0.3, 0.4) is 0 Å². The molecule has 0 spiro atoms. The highest BCUT2D eigenvalue weighted by molar-refractivity contribution is 5.83. The van der Waals surface area contributed by atoms with Gasteiger partial charge in [0.2, 0.25) is 5.75 Å². The van der Waals surface area contributed by atoms with Crippen LogP contribution in [0.4, 0.5) is 5.69 Å². The molecule has 0 amide bonds. The van der Waals surface area contributed by atoms with Gasteiger partial charge in [0, 0.05) is 11.6 Å². The van der Waals surface area contributed by atoms with Crippen molar-refractivity contribution in [2.24, 2.45) is 5.10 Å². The van der Waals surface area contributed by atoms with Crippen molar-refractivity contribution in [2.75, 3.05) is 7.11 Å². The Hall–Kier alpha value is -3.87. The number of hydrogen-bond donors (Lipinski definition) is 1. The average molecular weight is 419 g/mol. The Morgan fingerprint density at radius 2 is 1.87 bits per heavy atom. The molecule has 0 radical (unpaired) electrons. The van der Waals surface area contributed by atoms with Gasteiger partial charge in [-0.3, -0.25) is 10.1 Å². The molecule has 0 aliphatic heterocycles. The lowest BCUT2D eigenvalue weighted by atomic mass is 10.1. The Morgan fingerprint density at radius 3 is 2.58 bits per heavy atom. The van der Waals surface area contributed by atoms with Gasteiger partial charge in [-0.25, -0.2) is 0 Å². The molecule has 160 valence electrons. The van der Waals surface area contributed by atoms with Crippen LogP contribution < -0.4 is 14.9 Å². The largest absolute Gasteiger partial charge is 0.493 e. The van der Waals surface area contributed by atoms with Crippen LogP contribution >= 0.6 is 0 Å². The predicted molar refractivity (Wildman–Crippen MR) is 121 cm³/mol. The van der Waals surface area contributed by atoms with Crippen molar-refractivity contribution in [3.8, 4) is 11.5 Å². The molecule has 0 bridgehead atoms. The summed E-state index contributed by atoms with van der Waals surface area (Å²) in [6.45, 7) is 4.72. The second kappa shape index (κ2) is 10.2. The first-order valence-corrected chi connectivity index (χ1v) is 9.83. The number of benzene rings is 3. The fourth-order valence-electron chi connectivity index (χ4n) is 3.07. The van der Waals surface area contributed by atoms with Crippen molar-refractivity contribution in [1.82, 2.24) is 5.43 Å². The third-order valence-electron chi connectivity index (χ3n) is 4.78. The first-order valence-electron chi connectivity index (χ1n) is 9.83. The van der Waals surface area contributed by atoms with Crippen LogP contribution in [-0.2, 0) is 13.2 Å². The van der Waals surface area contributed by atoms with Crippen LogP contribution in [-0.4, -0.2) is 18.2 Å². The van der Waals surface area contributed by atoms with Gasteiger partial charge in [-0.1, -0.05) is 54.1 Å². The maximum Gasteiger partial charge on any atom is 0.315 e. The number of methoxy groups -OCH3 is 1. The van der Waals surface area contributed by atoms with Crippen molar-refractivity contribution in [2.45, 2.75) is 27.0 Å². The van der Waals surface area contributed by atoms with E-state index in [1.807, 2.05) is 62.4 Å². The minimum atomic E-state index is -0.476. The van der Waals surface area contributed by atoms with Gasteiger partial charge in [-0.05, 0) is 36.6 Å². The Bertz CT molecular complexity index is 1080. The lowest BCUT2D eigenvalue weighted by molar-refractivity contribution is -0.386. The Balaban J connectivity index is 1.79. The van der Waals surface area contributed by atoms with E-state index in [0.29, 0.717) is 12.1 Å². The molecule has 3 aromatic rings. The SMILES string of the molecule is COc1cc(C=NNCc2ccccc2)cc([N+](=O)[O-])c1OCc1cc(C)ccc1C. The van der Waals surface area contributed by atoms with E-state index in [4.69, 9.17) is 9.47 Å². The Kier molecular flexibility index (Phi) is 7.22. The van der Waals surface area contributed by atoms with Crippen molar-refractivity contribution in [1.29, 1.82) is 0 Å². The number of hydrazone groups is 1. The van der Waals surface area contributed by atoms with Gasteiger partial charge in [0.1, 0.15) is 6.61 Å². The molecular formula is C24H25N3O4. The van der Waals surface area contributed by atoms with E-state index in [1.165, 1.54) is 19.4 Å². The van der Waals surface area contributed by atoms with Gasteiger partial charge in [0.25, 0.3) is 0 Å². The lowest BCUT2D eigenvalue weighted by Gasteiger charge is -2.13. The monoisotopic (exact) mass is 419 g/mol. The number of aryl methyl sites for hydroxylation is 2. The van der Waals surface area contributed by atoms with Crippen LogP contribution in [0.5, 0.6) is 11.5 Å². The molecule has 0 saturated heterocycles. The third kappa shape index (κ3) is 5.82. The second-order valence-corrected chi connectivity index (χ2v) is 7.13. The number of hydrogen-bond acceptors (Lipinski definition) is 6. The van der Waals surface area contributed by atoms with E-state index in [0.717, 1.165) is 22.3 Å². The van der Waals surface area contributed by atoms with Crippen molar-refractivity contribution < 1.29 is 14.4 Å². The molecule has 0 fully saturated rings. The normalized spacial score (nSPS) is 10.8. The highest BCUT2D eigenvalue weighted by Gasteiger charge is 2.22. The highest BCUT2D eigenvalue weighted by atomic mass is 16.6. The molecule has 3 rings (SSSR count). The zero-order valence-corrected chi connectivity index (χ0v) is 17.8. The number of nitrogens with zero attached hydrogens (tertiary/aromatic N) is 2. The van der Waals surface area contributed by atoms with Crippen molar-refractivity contribution in [3.05, 3.63) is 98.6 Å². The fraction of sp³-hybridized carbons (Fsp3) is 0.208. The van der Waals surface area contributed by atoms with Crippen LogP contribution in [0.1, 0.15) is 27.8 Å². The summed E-state index contributed by atoms with van der Waals surface area (Å²) >= 11 is 0. The molecule has 1 N–H and O–H groups in total. The molecule has 7 nitrogen and oxygen atoms in total. The molecule has 0 aliphatic rings. The highest BCUT2D eigenvalue weighted by Crippen LogP contribution is 2.38. The minimum Gasteiger partial charge on any atom is -0.493 e. The third-order valence-corrected chi connectivity index (χ3v) is 4.78. The number of nitro benzene ring substituents is 1. The zero-order chi connectivity index (χ0) is 22.2. The molecule has 0 aliphatic carbocycles. The van der Waals surface area contributed by atoms with Crippen LogP contribution in [0.25, 0.3) is 0 Å². The summed E-state index contributed by atoms with van der Waals surface area (Å²) in [7, 11) is 1.46. The van der Waals surface area contributed by atoms with E-state index in [9.17, 15) is 10.1 Å². The maximum atomic E-state index is 11.7. The number of rotatable bonds is 9. The topological polar surface area (TPSA) is 86.0 Å². The van der Waals surface area contributed by atoms with E-state index < -0.39 is 4.92 Å². The van der Waals surface area contributed by atoms with Crippen LogP contribution in [0.15, 0.2) is 65.8 Å². The van der Waals surface area contributed by atoms with Crippen molar-refractivity contribution >= 4 is 11.9 Å². The molecule has 0 saturated carbocycles. The predicted octanol–water partition coefficient (Wildman–Crippen LogP) is 4.92. The smallest absolute Gasteiger partial charge is 0.315 e. The quantitative estimate of drug-likeness (QED) is 0.302. The van der Waals surface area contributed by atoms with Gasteiger partial charge in [-0.15, -0.1) is 0 Å². The Morgan fingerprint density at radius 1 is 1.10 bits per heavy atom. The summed E-state index contributed by atoms with van der Waals surface area (Å²) in [5, 5.41) is 15.9. The van der Waals surface area contributed by atoms with Gasteiger partial charge >= 0.3 is 5.69 Å². The fourth-order valence-corrected chi connectivity index (χ4v) is 3.07. The molecule has 31 heavy (non-hydrogen) atoms.